The lowest BCUT2D eigenvalue weighted by Crippen LogP contribution is -2.30. The summed E-state index contributed by atoms with van der Waals surface area (Å²) >= 11 is 7.35. The Labute approximate surface area is 53.1 Å². The van der Waals surface area contributed by atoms with Gasteiger partial charge < -0.3 is 4.55 Å². The average molecular weight is 164 g/mol. The molecule has 0 aromatic rings. The second-order valence-electron chi connectivity index (χ2n) is 0.811. The van der Waals surface area contributed by atoms with Gasteiger partial charge in [-0.3, -0.25) is 5.73 Å². The number of hydrogen-bond acceptors (Lipinski definition) is 2. The summed E-state index contributed by atoms with van der Waals surface area (Å²) in [6.07, 6.45) is 0. The first kappa shape index (κ1) is 7.65. The van der Waals surface area contributed by atoms with Crippen LogP contribution in [0.25, 0.3) is 0 Å². The second kappa shape index (κ2) is 2.28. The molecule has 0 amide bonds. The highest BCUT2D eigenvalue weighted by molar-refractivity contribution is 7.83. The van der Waals surface area contributed by atoms with Crippen LogP contribution in [-0.4, -0.2) is 12.6 Å². The molecule has 1 unspecified atom stereocenters. The predicted octanol–water partition coefficient (Wildman–Crippen LogP) is 0.256. The number of alkyl halides is 2. The Hall–Kier alpha value is 0.650. The van der Waals surface area contributed by atoms with Gasteiger partial charge in [0.1, 0.15) is 0 Å². The minimum atomic E-state index is -2.37. The van der Waals surface area contributed by atoms with Gasteiger partial charge in [0.25, 0.3) is 3.79 Å². The van der Waals surface area contributed by atoms with Crippen molar-refractivity contribution in [2.24, 2.45) is 5.73 Å². The van der Waals surface area contributed by atoms with Gasteiger partial charge in [0.05, 0.1) is 0 Å². The highest BCUT2D eigenvalue weighted by Gasteiger charge is 2.24. The Morgan fingerprint density at radius 3 is 1.86 bits per heavy atom. The van der Waals surface area contributed by atoms with Crippen LogP contribution in [0.4, 0.5) is 0 Å². The van der Waals surface area contributed by atoms with Gasteiger partial charge >= 0.3 is 0 Å². The minimum Gasteiger partial charge on any atom is -0.303 e. The third-order valence-electron chi connectivity index (χ3n) is 0.233. The molecule has 0 spiro atoms. The fraction of sp³-hybridized carbons (Fsp3) is 1.00. The molecule has 6 heteroatoms. The van der Waals surface area contributed by atoms with Gasteiger partial charge in [0, 0.05) is 0 Å². The van der Waals surface area contributed by atoms with Crippen LogP contribution in [0.15, 0.2) is 0 Å². The maximum Gasteiger partial charge on any atom is 0.268 e. The van der Waals surface area contributed by atoms with Gasteiger partial charge in [-0.15, -0.1) is 0 Å². The fourth-order valence-corrected chi connectivity index (χ4v) is 0. The van der Waals surface area contributed by atoms with Crippen molar-refractivity contribution in [3.63, 3.8) is 0 Å². The molecule has 7 heavy (non-hydrogen) atoms. The van der Waals surface area contributed by atoms with E-state index in [0.717, 1.165) is 0 Å². The molecule has 0 rings (SSSR count). The van der Waals surface area contributed by atoms with Crippen LogP contribution in [-0.2, 0) is 11.1 Å². The van der Waals surface area contributed by atoms with E-state index in [4.69, 9.17) is 27.8 Å². The zero-order valence-corrected chi connectivity index (χ0v) is 5.43. The van der Waals surface area contributed by atoms with Gasteiger partial charge in [0.15, 0.2) is 0 Å². The van der Waals surface area contributed by atoms with Crippen molar-refractivity contribution in [3.05, 3.63) is 0 Å². The molecule has 0 heterocycles. The molecule has 0 fully saturated rings. The van der Waals surface area contributed by atoms with E-state index in [-0.39, 0.29) is 0 Å². The zero-order chi connectivity index (χ0) is 6.08. The van der Waals surface area contributed by atoms with E-state index in [1.54, 1.807) is 0 Å². The van der Waals surface area contributed by atoms with Crippen molar-refractivity contribution < 1.29 is 8.76 Å². The first-order chi connectivity index (χ1) is 2.94. The Morgan fingerprint density at radius 2 is 1.86 bits per heavy atom. The molecule has 1 atom stereocenters. The van der Waals surface area contributed by atoms with E-state index in [0.29, 0.717) is 0 Å². The third-order valence-corrected chi connectivity index (χ3v) is 1.49. The monoisotopic (exact) mass is 163 g/mol. The Bertz CT molecular complexity index is 88.2. The summed E-state index contributed by atoms with van der Waals surface area (Å²) in [6, 6.07) is 0. The minimum absolute atomic E-state index is 2.03. The van der Waals surface area contributed by atoms with Crippen molar-refractivity contribution >= 4 is 34.3 Å². The molecule has 0 saturated carbocycles. The molecule has 3 N–H and O–H groups in total. The van der Waals surface area contributed by atoms with E-state index >= 15 is 0 Å². The smallest absolute Gasteiger partial charge is 0.268 e. The van der Waals surface area contributed by atoms with E-state index in [2.05, 4.69) is 5.73 Å². The molecule has 0 aromatic heterocycles. The summed E-state index contributed by atoms with van der Waals surface area (Å²) in [5.74, 6) is 0. The lowest BCUT2D eigenvalue weighted by molar-refractivity contribution is 0.557. The number of halogens is 2. The number of hydrogen-bond donors (Lipinski definition) is 2. The standard InChI is InChI=1S/CH3Cl2NO2S/c2-1(3,4)7(5)6/h4H2,(H,5,6). The molecule has 0 radical (unpaired) electrons. The van der Waals surface area contributed by atoms with Gasteiger partial charge in [-0.1, -0.05) is 23.2 Å². The molecule has 0 bridgehead atoms. The summed E-state index contributed by atoms with van der Waals surface area (Å²) in [6.45, 7) is 0. The second-order valence-corrected chi connectivity index (χ2v) is 3.79. The quantitative estimate of drug-likeness (QED) is 0.331. The van der Waals surface area contributed by atoms with Crippen molar-refractivity contribution in [1.82, 2.24) is 0 Å². The lowest BCUT2D eigenvalue weighted by atomic mass is 11.5. The largest absolute Gasteiger partial charge is 0.303 e. The number of rotatable bonds is 1. The van der Waals surface area contributed by atoms with Gasteiger partial charge in [0.2, 0.25) is 11.1 Å². The first-order valence-electron chi connectivity index (χ1n) is 1.22. The molecule has 0 aliphatic rings. The molecule has 0 aliphatic carbocycles. The lowest BCUT2D eigenvalue weighted by Gasteiger charge is -2.04. The van der Waals surface area contributed by atoms with Crippen molar-refractivity contribution in [3.8, 4) is 0 Å². The Morgan fingerprint density at radius 1 is 1.71 bits per heavy atom. The van der Waals surface area contributed by atoms with Crippen LogP contribution in [0.5, 0.6) is 0 Å². The maximum absolute atomic E-state index is 9.74. The normalized spacial score (nSPS) is 16.6. The van der Waals surface area contributed by atoms with Crippen LogP contribution in [0.2, 0.25) is 0 Å². The van der Waals surface area contributed by atoms with Gasteiger partial charge in [-0.25, -0.2) is 4.21 Å². The summed E-state index contributed by atoms with van der Waals surface area (Å²) in [5, 5.41) is 0. The van der Waals surface area contributed by atoms with Crippen LogP contribution in [0.3, 0.4) is 0 Å². The van der Waals surface area contributed by atoms with Crippen molar-refractivity contribution in [1.29, 1.82) is 0 Å². The van der Waals surface area contributed by atoms with Crippen molar-refractivity contribution in [2.45, 2.75) is 3.79 Å². The van der Waals surface area contributed by atoms with Crippen LogP contribution in [0, 0.1) is 0 Å². The first-order valence-corrected chi connectivity index (χ1v) is 3.08. The Kier molecular flexibility index (Phi) is 2.49. The molecular formula is CH3Cl2NO2S. The Balaban J connectivity index is 3.79. The summed E-state index contributed by atoms with van der Waals surface area (Å²) < 4.78 is 15.7. The highest BCUT2D eigenvalue weighted by atomic mass is 35.5. The van der Waals surface area contributed by atoms with E-state index in [9.17, 15) is 4.21 Å². The summed E-state index contributed by atoms with van der Waals surface area (Å²) in [7, 11) is 0. The summed E-state index contributed by atoms with van der Waals surface area (Å²) in [5.41, 5.74) is 4.66. The van der Waals surface area contributed by atoms with Crippen LogP contribution >= 0.6 is 23.2 Å². The molecule has 0 aromatic carbocycles. The van der Waals surface area contributed by atoms with Gasteiger partial charge in [-0.2, -0.15) is 0 Å². The third kappa shape index (κ3) is 3.25. The van der Waals surface area contributed by atoms with Crippen LogP contribution in [0.1, 0.15) is 0 Å². The van der Waals surface area contributed by atoms with Crippen LogP contribution < -0.4 is 5.73 Å². The molecule has 3 nitrogen and oxygen atoms in total. The number of nitrogens with two attached hydrogens (primary N) is 1. The van der Waals surface area contributed by atoms with E-state index in [1.165, 1.54) is 0 Å². The highest BCUT2D eigenvalue weighted by Crippen LogP contribution is 2.14. The van der Waals surface area contributed by atoms with E-state index in [1.807, 2.05) is 0 Å². The molecule has 0 saturated heterocycles. The summed E-state index contributed by atoms with van der Waals surface area (Å²) in [4.78, 5) is 0. The van der Waals surface area contributed by atoms with E-state index < -0.39 is 14.9 Å². The molecule has 0 aliphatic heterocycles. The van der Waals surface area contributed by atoms with Crippen molar-refractivity contribution in [2.75, 3.05) is 0 Å². The maximum atomic E-state index is 9.74. The molecular weight excluding hydrogens is 161 g/mol. The van der Waals surface area contributed by atoms with Gasteiger partial charge in [-0.05, 0) is 0 Å². The SMILES string of the molecule is NC(Cl)(Cl)S(=O)O. The molecule has 44 valence electrons. The predicted molar refractivity (Wildman–Crippen MR) is 29.4 cm³/mol. The average Bonchev–Trinajstić information content (AvgIpc) is 1.31. The zero-order valence-electron chi connectivity index (χ0n) is 3.10. The fourth-order valence-electron chi connectivity index (χ4n) is 0. The topological polar surface area (TPSA) is 63.3 Å².